The monoisotopic (exact) mass is 403 g/mol. The van der Waals surface area contributed by atoms with Crippen molar-refractivity contribution in [1.82, 2.24) is 4.98 Å². The van der Waals surface area contributed by atoms with E-state index in [0.717, 1.165) is 11.9 Å². The van der Waals surface area contributed by atoms with Gasteiger partial charge in [-0.2, -0.15) is 13.2 Å². The van der Waals surface area contributed by atoms with Crippen molar-refractivity contribution in [2.75, 3.05) is 6.61 Å². The molecular formula is C22H20F3NO3. The first-order chi connectivity index (χ1) is 13.8. The van der Waals surface area contributed by atoms with E-state index < -0.39 is 17.8 Å². The van der Waals surface area contributed by atoms with Crippen LogP contribution < -0.4 is 14.2 Å². The molecule has 152 valence electrons. The summed E-state index contributed by atoms with van der Waals surface area (Å²) in [7, 11) is 0. The van der Waals surface area contributed by atoms with Gasteiger partial charge in [0, 0.05) is 12.3 Å². The van der Waals surface area contributed by atoms with Gasteiger partial charge >= 0.3 is 6.18 Å². The molecule has 1 atom stereocenters. The van der Waals surface area contributed by atoms with E-state index in [9.17, 15) is 13.2 Å². The number of ether oxygens (including phenoxy) is 3. The van der Waals surface area contributed by atoms with E-state index in [1.54, 1.807) is 31.2 Å². The molecular weight excluding hydrogens is 383 g/mol. The van der Waals surface area contributed by atoms with E-state index in [4.69, 9.17) is 14.2 Å². The maximum Gasteiger partial charge on any atom is 0.418 e. The zero-order valence-corrected chi connectivity index (χ0v) is 15.9. The Balaban J connectivity index is 1.51. The maximum atomic E-state index is 12.8. The zero-order valence-electron chi connectivity index (χ0n) is 15.9. The minimum Gasteiger partial charge on any atom is -0.490 e. The molecule has 0 bridgehead atoms. The molecule has 2 aromatic carbocycles. The van der Waals surface area contributed by atoms with E-state index in [0.29, 0.717) is 11.5 Å². The summed E-state index contributed by atoms with van der Waals surface area (Å²) in [4.78, 5) is 3.74. The first kappa shape index (κ1) is 20.5. The minimum atomic E-state index is -4.43. The highest BCUT2D eigenvalue weighted by atomic mass is 19.4. The number of halogens is 3. The molecule has 29 heavy (non-hydrogen) atoms. The Morgan fingerprint density at radius 1 is 0.931 bits per heavy atom. The number of pyridine rings is 1. The van der Waals surface area contributed by atoms with Crippen LogP contribution in [0.2, 0.25) is 0 Å². The van der Waals surface area contributed by atoms with Crippen molar-refractivity contribution >= 4 is 0 Å². The van der Waals surface area contributed by atoms with Crippen LogP contribution in [0.15, 0.2) is 66.9 Å². The van der Waals surface area contributed by atoms with Gasteiger partial charge in [0.15, 0.2) is 0 Å². The smallest absolute Gasteiger partial charge is 0.418 e. The molecule has 3 aromatic rings. The summed E-state index contributed by atoms with van der Waals surface area (Å²) >= 11 is 0. The fourth-order valence-corrected chi connectivity index (χ4v) is 2.57. The van der Waals surface area contributed by atoms with Crippen LogP contribution in [0.1, 0.15) is 18.1 Å². The predicted molar refractivity (Wildman–Crippen MR) is 103 cm³/mol. The summed E-state index contributed by atoms with van der Waals surface area (Å²) in [6.45, 7) is 3.33. The number of hydrogen-bond acceptors (Lipinski definition) is 4. The van der Waals surface area contributed by atoms with Crippen molar-refractivity contribution in [1.29, 1.82) is 0 Å². The van der Waals surface area contributed by atoms with Gasteiger partial charge in [-0.05, 0) is 55.8 Å². The Kier molecular flexibility index (Phi) is 6.26. The van der Waals surface area contributed by atoms with Crippen molar-refractivity contribution in [2.24, 2.45) is 0 Å². The van der Waals surface area contributed by atoms with Gasteiger partial charge in [0.25, 0.3) is 0 Å². The molecule has 0 fully saturated rings. The van der Waals surface area contributed by atoms with Gasteiger partial charge in [-0.25, -0.2) is 4.98 Å². The highest BCUT2D eigenvalue weighted by Gasteiger charge is 2.33. The first-order valence-electron chi connectivity index (χ1n) is 8.97. The average molecular weight is 403 g/mol. The molecule has 0 amide bonds. The number of hydrogen-bond donors (Lipinski definition) is 0. The van der Waals surface area contributed by atoms with Gasteiger partial charge in [0.1, 0.15) is 30.0 Å². The molecule has 1 unspecified atom stereocenters. The van der Waals surface area contributed by atoms with Crippen LogP contribution in [0.25, 0.3) is 0 Å². The highest BCUT2D eigenvalue weighted by molar-refractivity contribution is 5.35. The molecule has 3 rings (SSSR count). The molecule has 1 aromatic heterocycles. The van der Waals surface area contributed by atoms with Crippen molar-refractivity contribution in [3.8, 4) is 23.1 Å². The lowest BCUT2D eigenvalue weighted by Crippen LogP contribution is -2.22. The fourth-order valence-electron chi connectivity index (χ4n) is 2.57. The quantitative estimate of drug-likeness (QED) is 0.482. The second kappa shape index (κ2) is 8.86. The van der Waals surface area contributed by atoms with Gasteiger partial charge in [0.2, 0.25) is 5.88 Å². The molecule has 0 N–H and O–H groups in total. The minimum absolute atomic E-state index is 0.0598. The molecule has 0 saturated carbocycles. The number of nitrogens with zero attached hydrogens (tertiary/aromatic N) is 1. The first-order valence-corrected chi connectivity index (χ1v) is 8.97. The molecule has 7 heteroatoms. The lowest BCUT2D eigenvalue weighted by molar-refractivity contribution is -0.138. The lowest BCUT2D eigenvalue weighted by Gasteiger charge is -2.16. The molecule has 1 heterocycles. The van der Waals surface area contributed by atoms with Crippen LogP contribution in [0, 0.1) is 6.92 Å². The summed E-state index contributed by atoms with van der Waals surface area (Å²) in [5, 5.41) is 0. The van der Waals surface area contributed by atoms with Crippen molar-refractivity contribution in [2.45, 2.75) is 26.1 Å². The summed E-state index contributed by atoms with van der Waals surface area (Å²) in [6, 6.07) is 17.8. The van der Waals surface area contributed by atoms with Crippen molar-refractivity contribution < 1.29 is 27.4 Å². The van der Waals surface area contributed by atoms with Gasteiger partial charge in [-0.1, -0.05) is 18.2 Å². The summed E-state index contributed by atoms with van der Waals surface area (Å²) in [5.74, 6) is 2.16. The van der Waals surface area contributed by atoms with Gasteiger partial charge in [-0.3, -0.25) is 0 Å². The Bertz CT molecular complexity index is 928. The largest absolute Gasteiger partial charge is 0.490 e. The number of alkyl halides is 3. The third-order valence-electron chi connectivity index (χ3n) is 4.00. The third-order valence-corrected chi connectivity index (χ3v) is 4.00. The van der Waals surface area contributed by atoms with E-state index in [1.165, 1.54) is 13.0 Å². The van der Waals surface area contributed by atoms with Crippen molar-refractivity contribution in [3.05, 3.63) is 78.0 Å². The number of aryl methyl sites for hydroxylation is 1. The van der Waals surface area contributed by atoms with Gasteiger partial charge in [-0.15, -0.1) is 0 Å². The molecule has 0 aliphatic carbocycles. The SMILES string of the molecule is Cc1cc(OC(C)COc2ccc(Oc3ccccc3)cc2)ncc1C(F)(F)F. The second-order valence-corrected chi connectivity index (χ2v) is 6.46. The Hall–Kier alpha value is -3.22. The molecule has 0 spiro atoms. The third kappa shape index (κ3) is 5.88. The number of aromatic nitrogens is 1. The molecule has 0 saturated heterocycles. The van der Waals surface area contributed by atoms with E-state index in [1.807, 2.05) is 30.3 Å². The maximum absolute atomic E-state index is 12.8. The Labute approximate surface area is 166 Å². The number of para-hydroxylation sites is 1. The van der Waals surface area contributed by atoms with E-state index >= 15 is 0 Å². The second-order valence-electron chi connectivity index (χ2n) is 6.46. The van der Waals surface area contributed by atoms with E-state index in [2.05, 4.69) is 4.98 Å². The fraction of sp³-hybridized carbons (Fsp3) is 0.227. The van der Waals surface area contributed by atoms with Crippen LogP contribution in [-0.4, -0.2) is 17.7 Å². The highest BCUT2D eigenvalue weighted by Crippen LogP contribution is 2.32. The predicted octanol–water partition coefficient (Wildman–Crippen LogP) is 6.05. The Morgan fingerprint density at radius 2 is 1.55 bits per heavy atom. The summed E-state index contributed by atoms with van der Waals surface area (Å²) in [6.07, 6.45) is -4.05. The summed E-state index contributed by atoms with van der Waals surface area (Å²) in [5.41, 5.74) is -0.712. The van der Waals surface area contributed by atoms with Gasteiger partial charge < -0.3 is 14.2 Å². The number of rotatable bonds is 7. The standard InChI is InChI=1S/C22H20F3NO3/c1-15-12-21(26-13-20(15)22(23,24)25)28-16(2)14-27-17-8-10-19(11-9-17)29-18-6-4-3-5-7-18/h3-13,16H,14H2,1-2H3. The Morgan fingerprint density at radius 3 is 2.17 bits per heavy atom. The summed E-state index contributed by atoms with van der Waals surface area (Å²) < 4.78 is 55.3. The topological polar surface area (TPSA) is 40.6 Å². The van der Waals surface area contributed by atoms with Crippen LogP contribution in [0.3, 0.4) is 0 Å². The molecule has 0 aliphatic heterocycles. The van der Waals surface area contributed by atoms with Crippen LogP contribution in [0.5, 0.6) is 23.1 Å². The van der Waals surface area contributed by atoms with Crippen molar-refractivity contribution in [3.63, 3.8) is 0 Å². The average Bonchev–Trinajstić information content (AvgIpc) is 2.67. The normalized spacial score (nSPS) is 12.3. The lowest BCUT2D eigenvalue weighted by atomic mass is 10.1. The molecule has 0 aliphatic rings. The van der Waals surface area contributed by atoms with E-state index in [-0.39, 0.29) is 18.1 Å². The van der Waals surface area contributed by atoms with Crippen LogP contribution in [-0.2, 0) is 6.18 Å². The van der Waals surface area contributed by atoms with Crippen LogP contribution >= 0.6 is 0 Å². The van der Waals surface area contributed by atoms with Gasteiger partial charge in [0.05, 0.1) is 5.56 Å². The number of benzene rings is 2. The zero-order chi connectivity index (χ0) is 20.9. The molecule has 0 radical (unpaired) electrons. The van der Waals surface area contributed by atoms with Crippen LogP contribution in [0.4, 0.5) is 13.2 Å². The molecule has 4 nitrogen and oxygen atoms in total.